The van der Waals surface area contributed by atoms with Gasteiger partial charge in [-0.25, -0.2) is 0 Å². The lowest BCUT2D eigenvalue weighted by atomic mass is 10.2. The molecular weight excluding hydrogens is 399 g/mol. The van der Waals surface area contributed by atoms with Crippen molar-refractivity contribution in [3.05, 3.63) is 26.6 Å². The van der Waals surface area contributed by atoms with E-state index in [1.807, 2.05) is 0 Å². The van der Waals surface area contributed by atoms with Crippen molar-refractivity contribution in [1.29, 1.82) is 0 Å². The highest BCUT2D eigenvalue weighted by molar-refractivity contribution is 9.11. The zero-order chi connectivity index (χ0) is 14.6. The van der Waals surface area contributed by atoms with Crippen LogP contribution in [-0.2, 0) is 13.6 Å². The molecule has 0 bridgehead atoms. The summed E-state index contributed by atoms with van der Waals surface area (Å²) in [5.41, 5.74) is 13.0. The van der Waals surface area contributed by atoms with Crippen LogP contribution in [0.1, 0.15) is 25.2 Å². The lowest BCUT2D eigenvalue weighted by molar-refractivity contribution is 0.212. The number of hydrogen-bond acceptors (Lipinski definition) is 5. The predicted molar refractivity (Wildman–Crippen MR) is 84.0 cm³/mol. The average molecular weight is 416 g/mol. The van der Waals surface area contributed by atoms with E-state index in [4.69, 9.17) is 20.5 Å². The molecule has 0 spiro atoms. The minimum Gasteiger partial charge on any atom is -0.398 e. The third-order valence-corrected chi connectivity index (χ3v) is 5.71. The van der Waals surface area contributed by atoms with Crippen LogP contribution in [0.3, 0.4) is 0 Å². The number of rotatable bonds is 6. The van der Waals surface area contributed by atoms with E-state index >= 15 is 0 Å². The van der Waals surface area contributed by atoms with Crippen molar-refractivity contribution in [3.63, 3.8) is 0 Å². The van der Waals surface area contributed by atoms with Crippen LogP contribution in [0.5, 0.6) is 0 Å². The van der Waals surface area contributed by atoms with Crippen LogP contribution >= 0.6 is 39.5 Å². The molecule has 0 amide bonds. The van der Waals surface area contributed by atoms with Gasteiger partial charge in [0.1, 0.15) is 5.78 Å². The molecule has 1 atom stereocenters. The molecule has 0 unspecified atom stereocenters. The Balaban J connectivity index is 3.24. The molecule has 0 radical (unpaired) electrons. The Labute approximate surface area is 129 Å². The van der Waals surface area contributed by atoms with Crippen molar-refractivity contribution >= 4 is 45.1 Å². The molecule has 1 rings (SSSR count). The summed E-state index contributed by atoms with van der Waals surface area (Å²) in [7, 11) is -3.44. The topological polar surface area (TPSA) is 87.6 Å². The van der Waals surface area contributed by atoms with Gasteiger partial charge in [0.25, 0.3) is 0 Å². The first-order valence-corrected chi connectivity index (χ1v) is 8.94. The lowest BCUT2D eigenvalue weighted by Crippen LogP contribution is -2.16. The van der Waals surface area contributed by atoms with Gasteiger partial charge in [-0.15, -0.1) is 0 Å². The Kier molecular flexibility index (Phi) is 6.50. The molecule has 0 aliphatic rings. The van der Waals surface area contributed by atoms with Gasteiger partial charge < -0.3 is 20.5 Å². The predicted octanol–water partition coefficient (Wildman–Crippen LogP) is 4.02. The number of nitrogens with two attached hydrogens (primary N) is 2. The molecule has 5 nitrogen and oxygen atoms in total. The Morgan fingerprint density at radius 1 is 1.26 bits per heavy atom. The largest absolute Gasteiger partial charge is 0.398 e. The fourth-order valence-corrected chi connectivity index (χ4v) is 4.51. The van der Waals surface area contributed by atoms with Crippen molar-refractivity contribution in [3.8, 4) is 0 Å². The number of benzene rings is 1. The van der Waals surface area contributed by atoms with Crippen molar-refractivity contribution in [1.82, 2.24) is 0 Å². The van der Waals surface area contributed by atoms with Crippen LogP contribution < -0.4 is 11.5 Å². The van der Waals surface area contributed by atoms with E-state index in [0.29, 0.717) is 15.7 Å². The monoisotopic (exact) mass is 414 g/mol. The van der Waals surface area contributed by atoms with Gasteiger partial charge in [-0.3, -0.25) is 4.57 Å². The zero-order valence-electron chi connectivity index (χ0n) is 10.7. The molecule has 0 aliphatic carbocycles. The summed E-state index contributed by atoms with van der Waals surface area (Å²) in [5, 5.41) is 0. The maximum Gasteiger partial charge on any atom is 0.351 e. The zero-order valence-corrected chi connectivity index (χ0v) is 14.8. The first-order valence-electron chi connectivity index (χ1n) is 5.74. The first-order chi connectivity index (χ1) is 8.85. The average Bonchev–Trinajstić information content (AvgIpc) is 2.33. The third kappa shape index (κ3) is 4.03. The molecule has 1 aromatic rings. The van der Waals surface area contributed by atoms with E-state index in [0.717, 1.165) is 4.47 Å². The summed E-state index contributed by atoms with van der Waals surface area (Å²) >= 11 is 6.68. The normalized spacial score (nSPS) is 13.5. The quantitative estimate of drug-likeness (QED) is 0.541. The molecule has 108 valence electrons. The Bertz CT molecular complexity index is 489. The molecule has 0 aromatic heterocycles. The summed E-state index contributed by atoms with van der Waals surface area (Å²) in [6, 6.07) is 3.51. The van der Waals surface area contributed by atoms with Gasteiger partial charge in [-0.2, -0.15) is 0 Å². The highest BCUT2D eigenvalue weighted by Crippen LogP contribution is 2.59. The van der Waals surface area contributed by atoms with Gasteiger partial charge in [-0.05, 0) is 41.9 Å². The molecule has 19 heavy (non-hydrogen) atoms. The van der Waals surface area contributed by atoms with Crippen LogP contribution in [0.15, 0.2) is 21.1 Å². The summed E-state index contributed by atoms with van der Waals surface area (Å²) in [6.07, 6.45) is 0. The number of halogens is 2. The smallest absolute Gasteiger partial charge is 0.351 e. The fourth-order valence-electron chi connectivity index (χ4n) is 1.58. The minimum absolute atomic E-state index is 0.250. The van der Waals surface area contributed by atoms with Crippen molar-refractivity contribution in [2.75, 3.05) is 18.9 Å². The molecule has 0 saturated carbocycles. The summed E-state index contributed by atoms with van der Waals surface area (Å²) in [6.45, 7) is 3.97. The second-order valence-electron chi connectivity index (χ2n) is 3.71. The summed E-state index contributed by atoms with van der Waals surface area (Å²) in [4.78, 5) is 0. The highest BCUT2D eigenvalue weighted by Gasteiger charge is 2.35. The van der Waals surface area contributed by atoms with Crippen LogP contribution in [-0.4, -0.2) is 13.2 Å². The summed E-state index contributed by atoms with van der Waals surface area (Å²) < 4.78 is 24.6. The Hall–Kier alpha value is 0.0900. The second-order valence-corrected chi connectivity index (χ2v) is 7.63. The fraction of sp³-hybridized carbons (Fsp3) is 0.455. The number of hydrogen-bond donors (Lipinski definition) is 2. The molecule has 8 heteroatoms. The van der Waals surface area contributed by atoms with E-state index in [1.165, 1.54) is 0 Å². The van der Waals surface area contributed by atoms with Crippen LogP contribution in [0.2, 0.25) is 0 Å². The Morgan fingerprint density at radius 2 is 1.79 bits per heavy atom. The van der Waals surface area contributed by atoms with Gasteiger partial charge >= 0.3 is 7.60 Å². The van der Waals surface area contributed by atoms with E-state index < -0.39 is 13.4 Å². The number of anilines is 1. The van der Waals surface area contributed by atoms with Crippen molar-refractivity contribution in [2.45, 2.75) is 19.6 Å². The first kappa shape index (κ1) is 17.1. The lowest BCUT2D eigenvalue weighted by Gasteiger charge is -2.24. The standard InChI is InChI=1S/C11H17Br2N2O3P/c1-3-17-19(16,18-4-2)11(15)8-5-7(12)6-9(13)10(8)14/h5-6,11H,3-4,14-15H2,1-2H3/t11-/m1/s1. The van der Waals surface area contributed by atoms with Crippen LogP contribution in [0, 0.1) is 0 Å². The number of nitrogen functional groups attached to an aromatic ring is 1. The van der Waals surface area contributed by atoms with Gasteiger partial charge in [0, 0.05) is 14.5 Å². The molecule has 0 fully saturated rings. The third-order valence-electron chi connectivity index (χ3n) is 2.40. The molecular formula is C11H17Br2N2O3P. The highest BCUT2D eigenvalue weighted by atomic mass is 79.9. The second kappa shape index (κ2) is 7.20. The summed E-state index contributed by atoms with van der Waals surface area (Å²) in [5.74, 6) is -0.929. The van der Waals surface area contributed by atoms with E-state index in [-0.39, 0.29) is 13.2 Å². The van der Waals surface area contributed by atoms with Gasteiger partial charge in [0.15, 0.2) is 0 Å². The van der Waals surface area contributed by atoms with Gasteiger partial charge in [-0.1, -0.05) is 15.9 Å². The van der Waals surface area contributed by atoms with Gasteiger partial charge in [0.2, 0.25) is 0 Å². The Morgan fingerprint density at radius 3 is 2.26 bits per heavy atom. The van der Waals surface area contributed by atoms with Crippen LogP contribution in [0.25, 0.3) is 0 Å². The maximum absolute atomic E-state index is 12.6. The van der Waals surface area contributed by atoms with E-state index in [9.17, 15) is 4.57 Å². The molecule has 0 heterocycles. The SMILES string of the molecule is CCOP(=O)(OCC)[C@@H](N)c1cc(Br)cc(Br)c1N. The molecule has 1 aromatic carbocycles. The molecule has 4 N–H and O–H groups in total. The van der Waals surface area contributed by atoms with Crippen molar-refractivity contribution < 1.29 is 13.6 Å². The van der Waals surface area contributed by atoms with E-state index in [1.54, 1.807) is 26.0 Å². The maximum atomic E-state index is 12.6. The molecule has 0 aliphatic heterocycles. The minimum atomic E-state index is -3.44. The molecule has 0 saturated heterocycles. The van der Waals surface area contributed by atoms with E-state index in [2.05, 4.69) is 31.9 Å². The van der Waals surface area contributed by atoms with Crippen molar-refractivity contribution in [2.24, 2.45) is 5.73 Å². The van der Waals surface area contributed by atoms with Crippen LogP contribution in [0.4, 0.5) is 5.69 Å². The van der Waals surface area contributed by atoms with Gasteiger partial charge in [0.05, 0.1) is 18.9 Å².